The predicted octanol–water partition coefficient (Wildman–Crippen LogP) is 3.74. The second kappa shape index (κ2) is 5.32. The summed E-state index contributed by atoms with van der Waals surface area (Å²) in [6.07, 6.45) is 0. The second-order valence-electron chi connectivity index (χ2n) is 3.45. The first kappa shape index (κ1) is 11.4. The molecule has 0 amide bonds. The summed E-state index contributed by atoms with van der Waals surface area (Å²) in [5, 5.41) is 8.23. The summed E-state index contributed by atoms with van der Waals surface area (Å²) in [5.41, 5.74) is 7.94. The van der Waals surface area contributed by atoms with Crippen LogP contribution in [-0.4, -0.2) is 4.99 Å². The van der Waals surface area contributed by atoms with Gasteiger partial charge < -0.3 is 5.73 Å². The summed E-state index contributed by atoms with van der Waals surface area (Å²) in [6.45, 7) is 0. The van der Waals surface area contributed by atoms with Gasteiger partial charge >= 0.3 is 0 Å². The van der Waals surface area contributed by atoms with Crippen molar-refractivity contribution < 1.29 is 0 Å². The summed E-state index contributed by atoms with van der Waals surface area (Å²) in [6, 6.07) is 16.9. The Bertz CT molecular complexity index is 532. The molecule has 3 nitrogen and oxygen atoms in total. The first-order valence-corrected chi connectivity index (χ1v) is 5.53. The van der Waals surface area contributed by atoms with E-state index < -0.39 is 0 Å². The van der Waals surface area contributed by atoms with Crippen molar-refractivity contribution in [3.05, 3.63) is 60.2 Å². The Kier molecular flexibility index (Phi) is 3.57. The highest BCUT2D eigenvalue weighted by atomic mass is 32.1. The molecule has 0 saturated carbocycles. The first-order chi connectivity index (χ1) is 8.25. The van der Waals surface area contributed by atoms with Crippen molar-refractivity contribution in [1.82, 2.24) is 0 Å². The molecule has 0 atom stereocenters. The number of benzene rings is 2. The Morgan fingerprint density at radius 3 is 1.88 bits per heavy atom. The Labute approximate surface area is 105 Å². The minimum absolute atomic E-state index is 0.386. The lowest BCUT2D eigenvalue weighted by molar-refractivity contribution is 1.23. The van der Waals surface area contributed by atoms with E-state index in [1.54, 1.807) is 0 Å². The van der Waals surface area contributed by atoms with Crippen molar-refractivity contribution in [3.8, 4) is 0 Å². The average molecular weight is 241 g/mol. The van der Waals surface area contributed by atoms with Gasteiger partial charge in [-0.3, -0.25) is 0 Å². The third kappa shape index (κ3) is 3.19. The molecule has 0 unspecified atom stereocenters. The molecule has 0 fully saturated rings. The van der Waals surface area contributed by atoms with E-state index in [9.17, 15) is 0 Å². The van der Waals surface area contributed by atoms with Crippen LogP contribution in [-0.2, 0) is 0 Å². The molecule has 0 spiro atoms. The fourth-order valence-corrected chi connectivity index (χ4v) is 1.44. The molecule has 2 rings (SSSR count). The molecule has 2 N–H and O–H groups in total. The largest absolute Gasteiger partial charge is 0.389 e. The zero-order chi connectivity index (χ0) is 12.1. The summed E-state index contributed by atoms with van der Waals surface area (Å²) >= 11 is 4.87. The number of nitrogens with two attached hydrogens (primary N) is 1. The molecule has 0 aromatic heterocycles. The summed E-state index contributed by atoms with van der Waals surface area (Å²) in [4.78, 5) is 0.386. The fraction of sp³-hybridized carbons (Fsp3) is 0. The van der Waals surface area contributed by atoms with Crippen LogP contribution in [0.5, 0.6) is 0 Å². The van der Waals surface area contributed by atoms with Crippen LogP contribution in [0.1, 0.15) is 5.56 Å². The van der Waals surface area contributed by atoms with Crippen LogP contribution < -0.4 is 5.73 Å². The van der Waals surface area contributed by atoms with Gasteiger partial charge in [-0.25, -0.2) is 0 Å². The Morgan fingerprint density at radius 2 is 1.35 bits per heavy atom. The van der Waals surface area contributed by atoms with E-state index in [4.69, 9.17) is 18.0 Å². The van der Waals surface area contributed by atoms with E-state index in [0.29, 0.717) is 4.99 Å². The zero-order valence-electron chi connectivity index (χ0n) is 9.08. The van der Waals surface area contributed by atoms with E-state index in [-0.39, 0.29) is 0 Å². The molecule has 0 aliphatic heterocycles. The van der Waals surface area contributed by atoms with Crippen LogP contribution in [0.15, 0.2) is 64.8 Å². The van der Waals surface area contributed by atoms with Gasteiger partial charge in [0.25, 0.3) is 0 Å². The molecule has 0 radical (unpaired) electrons. The smallest absolute Gasteiger partial charge is 0.103 e. The van der Waals surface area contributed by atoms with Gasteiger partial charge in [-0.05, 0) is 36.4 Å². The number of thiocarbonyl (C=S) groups is 1. The van der Waals surface area contributed by atoms with Gasteiger partial charge in [-0.1, -0.05) is 30.4 Å². The second-order valence-corrected chi connectivity index (χ2v) is 3.89. The molecule has 84 valence electrons. The third-order valence-electron chi connectivity index (χ3n) is 2.19. The van der Waals surface area contributed by atoms with Gasteiger partial charge in [0.2, 0.25) is 0 Å². The lowest BCUT2D eigenvalue weighted by Crippen LogP contribution is -2.08. The molecule has 0 saturated heterocycles. The third-order valence-corrected chi connectivity index (χ3v) is 2.42. The molecule has 0 bridgehead atoms. The predicted molar refractivity (Wildman–Crippen MR) is 72.9 cm³/mol. The van der Waals surface area contributed by atoms with Crippen molar-refractivity contribution in [1.29, 1.82) is 0 Å². The molecular formula is C13H11N3S. The van der Waals surface area contributed by atoms with E-state index >= 15 is 0 Å². The lowest BCUT2D eigenvalue weighted by atomic mass is 10.2. The standard InChI is InChI=1S/C13H11N3S/c14-13(17)10-6-8-12(9-7-10)16-15-11-4-2-1-3-5-11/h1-9H,(H2,14,17). The summed E-state index contributed by atoms with van der Waals surface area (Å²) < 4.78 is 0. The molecule has 2 aromatic rings. The van der Waals surface area contributed by atoms with Crippen LogP contribution in [0.2, 0.25) is 0 Å². The highest BCUT2D eigenvalue weighted by Gasteiger charge is 1.95. The van der Waals surface area contributed by atoms with Crippen LogP contribution in [0.25, 0.3) is 0 Å². The quantitative estimate of drug-likeness (QED) is 0.657. The van der Waals surface area contributed by atoms with E-state index in [0.717, 1.165) is 16.9 Å². The van der Waals surface area contributed by atoms with Crippen molar-refractivity contribution in [3.63, 3.8) is 0 Å². The number of hydrogen-bond acceptors (Lipinski definition) is 3. The number of hydrogen-bond donors (Lipinski definition) is 1. The van der Waals surface area contributed by atoms with Gasteiger partial charge in [0.15, 0.2) is 0 Å². The average Bonchev–Trinajstić information content (AvgIpc) is 2.38. The monoisotopic (exact) mass is 241 g/mol. The molecular weight excluding hydrogens is 230 g/mol. The van der Waals surface area contributed by atoms with Gasteiger partial charge in [0.1, 0.15) is 4.99 Å². The van der Waals surface area contributed by atoms with Crippen molar-refractivity contribution in [2.24, 2.45) is 16.0 Å². The van der Waals surface area contributed by atoms with Crippen LogP contribution in [0.3, 0.4) is 0 Å². The van der Waals surface area contributed by atoms with Crippen molar-refractivity contribution >= 4 is 28.6 Å². The van der Waals surface area contributed by atoms with E-state index in [1.807, 2.05) is 54.6 Å². The van der Waals surface area contributed by atoms with Gasteiger partial charge in [-0.2, -0.15) is 10.2 Å². The number of azo groups is 1. The highest BCUT2D eigenvalue weighted by Crippen LogP contribution is 2.18. The summed E-state index contributed by atoms with van der Waals surface area (Å²) in [5.74, 6) is 0. The van der Waals surface area contributed by atoms with Gasteiger partial charge in [-0.15, -0.1) is 0 Å². The van der Waals surface area contributed by atoms with Crippen molar-refractivity contribution in [2.45, 2.75) is 0 Å². The topological polar surface area (TPSA) is 50.7 Å². The van der Waals surface area contributed by atoms with Gasteiger partial charge in [0.05, 0.1) is 11.4 Å². The fourth-order valence-electron chi connectivity index (χ4n) is 1.30. The van der Waals surface area contributed by atoms with Crippen LogP contribution in [0.4, 0.5) is 11.4 Å². The normalized spacial score (nSPS) is 10.6. The molecule has 0 aliphatic carbocycles. The molecule has 4 heteroatoms. The maximum Gasteiger partial charge on any atom is 0.103 e. The van der Waals surface area contributed by atoms with E-state index in [1.165, 1.54) is 0 Å². The van der Waals surface area contributed by atoms with Crippen LogP contribution in [0, 0.1) is 0 Å². The minimum Gasteiger partial charge on any atom is -0.389 e. The van der Waals surface area contributed by atoms with Crippen molar-refractivity contribution in [2.75, 3.05) is 0 Å². The molecule has 0 aliphatic rings. The first-order valence-electron chi connectivity index (χ1n) is 5.12. The van der Waals surface area contributed by atoms with Crippen LogP contribution >= 0.6 is 12.2 Å². The minimum atomic E-state index is 0.386. The molecule has 17 heavy (non-hydrogen) atoms. The Hall–Kier alpha value is -2.07. The molecule has 0 heterocycles. The number of nitrogens with zero attached hydrogens (tertiary/aromatic N) is 2. The number of rotatable bonds is 3. The maximum atomic E-state index is 5.51. The van der Waals surface area contributed by atoms with E-state index in [2.05, 4.69) is 10.2 Å². The van der Waals surface area contributed by atoms with Gasteiger partial charge in [0, 0.05) is 5.56 Å². The highest BCUT2D eigenvalue weighted by molar-refractivity contribution is 7.80. The zero-order valence-corrected chi connectivity index (χ0v) is 9.89. The Balaban J connectivity index is 2.14. The lowest BCUT2D eigenvalue weighted by Gasteiger charge is -1.97. The Morgan fingerprint density at radius 1 is 0.824 bits per heavy atom. The molecule has 2 aromatic carbocycles. The maximum absolute atomic E-state index is 5.51. The SMILES string of the molecule is NC(=S)c1ccc(N=Nc2ccccc2)cc1. The summed E-state index contributed by atoms with van der Waals surface area (Å²) in [7, 11) is 0.